The van der Waals surface area contributed by atoms with E-state index >= 15 is 0 Å². The normalized spacial score (nSPS) is 10.0. The average Bonchev–Trinajstić information content (AvgIpc) is 2.28. The maximum Gasteiger partial charge on any atom is 0.180 e. The third-order valence-electron chi connectivity index (χ3n) is 1.51. The molecule has 1 rings (SSSR count). The van der Waals surface area contributed by atoms with Crippen LogP contribution in [0, 0.1) is 0 Å². The van der Waals surface area contributed by atoms with Crippen LogP contribution in [0.25, 0.3) is 0 Å². The number of hydrogen-bond acceptors (Lipinski definition) is 3. The number of nitrogen functional groups attached to an aromatic ring is 1. The average molecular weight is 153 g/mol. The van der Waals surface area contributed by atoms with Crippen molar-refractivity contribution >= 4 is 11.6 Å². The predicted molar refractivity (Wildman–Crippen MR) is 42.2 cm³/mol. The van der Waals surface area contributed by atoms with E-state index in [0.29, 0.717) is 17.9 Å². The monoisotopic (exact) mass is 153 g/mol. The molecule has 0 aromatic carbocycles. The summed E-state index contributed by atoms with van der Waals surface area (Å²) >= 11 is 0. The Morgan fingerprint density at radius 1 is 1.82 bits per heavy atom. The second-order valence-corrected chi connectivity index (χ2v) is 2.35. The number of ketones is 1. The molecule has 0 amide bonds. The summed E-state index contributed by atoms with van der Waals surface area (Å²) in [4.78, 5) is 11.1. The topological polar surface area (TPSA) is 60.9 Å². The smallest absolute Gasteiger partial charge is 0.180 e. The number of nitrogens with zero attached hydrogens (tertiary/aromatic N) is 2. The highest BCUT2D eigenvalue weighted by Crippen LogP contribution is 2.06. The van der Waals surface area contributed by atoms with Crippen LogP contribution < -0.4 is 5.73 Å². The Morgan fingerprint density at radius 3 is 2.82 bits per heavy atom. The molecule has 0 aliphatic carbocycles. The van der Waals surface area contributed by atoms with Crippen LogP contribution in [-0.4, -0.2) is 15.6 Å². The molecule has 0 saturated carbocycles. The number of aryl methyl sites for hydroxylation is 1. The molecule has 4 heteroatoms. The van der Waals surface area contributed by atoms with Gasteiger partial charge in [0.2, 0.25) is 0 Å². The minimum atomic E-state index is 0.0664. The summed E-state index contributed by atoms with van der Waals surface area (Å²) in [7, 11) is 1.71. The Labute approximate surface area is 65.0 Å². The molecule has 0 saturated heterocycles. The molecule has 0 aliphatic heterocycles. The molecule has 0 spiro atoms. The van der Waals surface area contributed by atoms with Gasteiger partial charge in [-0.2, -0.15) is 5.10 Å². The van der Waals surface area contributed by atoms with Crippen LogP contribution in [0.2, 0.25) is 0 Å². The van der Waals surface area contributed by atoms with Crippen molar-refractivity contribution in [2.24, 2.45) is 7.05 Å². The van der Waals surface area contributed by atoms with E-state index in [9.17, 15) is 4.79 Å². The molecule has 1 heterocycles. The van der Waals surface area contributed by atoms with Gasteiger partial charge in [0.05, 0.1) is 0 Å². The van der Waals surface area contributed by atoms with Gasteiger partial charge >= 0.3 is 0 Å². The number of carbonyl (C=O) groups excluding carboxylic acids is 1. The fraction of sp³-hybridized carbons (Fsp3) is 0.429. The second-order valence-electron chi connectivity index (χ2n) is 2.35. The van der Waals surface area contributed by atoms with Crippen molar-refractivity contribution in [3.05, 3.63) is 11.8 Å². The van der Waals surface area contributed by atoms with Gasteiger partial charge in [0.15, 0.2) is 5.78 Å². The Kier molecular flexibility index (Phi) is 1.94. The molecule has 4 nitrogen and oxygen atoms in total. The van der Waals surface area contributed by atoms with E-state index in [1.807, 2.05) is 6.92 Å². The number of nitrogens with two attached hydrogens (primary N) is 1. The predicted octanol–water partition coefficient (Wildman–Crippen LogP) is 0.595. The van der Waals surface area contributed by atoms with E-state index < -0.39 is 0 Å². The van der Waals surface area contributed by atoms with Gasteiger partial charge in [0, 0.05) is 19.5 Å². The first kappa shape index (κ1) is 7.78. The fourth-order valence-corrected chi connectivity index (χ4v) is 0.932. The molecule has 2 N–H and O–H groups in total. The molecule has 1 aromatic heterocycles. The molecule has 0 atom stereocenters. The van der Waals surface area contributed by atoms with Crippen LogP contribution in [0.1, 0.15) is 23.8 Å². The molecule has 0 fully saturated rings. The number of anilines is 1. The lowest BCUT2D eigenvalue weighted by molar-refractivity contribution is 0.0979. The Hall–Kier alpha value is -1.32. The van der Waals surface area contributed by atoms with Gasteiger partial charge in [-0.15, -0.1) is 0 Å². The number of hydrogen-bond donors (Lipinski definition) is 1. The maximum atomic E-state index is 11.1. The molecule has 0 unspecified atom stereocenters. The second kappa shape index (κ2) is 2.74. The quantitative estimate of drug-likeness (QED) is 0.633. The van der Waals surface area contributed by atoms with Gasteiger partial charge in [0.25, 0.3) is 0 Å². The number of rotatable bonds is 2. The van der Waals surface area contributed by atoms with Gasteiger partial charge in [-0.3, -0.25) is 9.48 Å². The van der Waals surface area contributed by atoms with Crippen LogP contribution in [-0.2, 0) is 7.05 Å². The molecule has 0 radical (unpaired) electrons. The highest BCUT2D eigenvalue weighted by Gasteiger charge is 2.08. The highest BCUT2D eigenvalue weighted by atomic mass is 16.1. The van der Waals surface area contributed by atoms with Crippen molar-refractivity contribution in [1.29, 1.82) is 0 Å². The van der Waals surface area contributed by atoms with Crippen LogP contribution in [0.5, 0.6) is 0 Å². The maximum absolute atomic E-state index is 11.1. The number of aromatic nitrogens is 2. The van der Waals surface area contributed by atoms with E-state index in [1.165, 1.54) is 4.68 Å². The van der Waals surface area contributed by atoms with Crippen LogP contribution in [0.4, 0.5) is 5.82 Å². The van der Waals surface area contributed by atoms with E-state index in [0.717, 1.165) is 0 Å². The summed E-state index contributed by atoms with van der Waals surface area (Å²) in [6.45, 7) is 1.81. The number of Topliss-reactive ketones (excluding diaryl/α,β-unsaturated/α-hetero) is 1. The summed E-state index contributed by atoms with van der Waals surface area (Å²) < 4.78 is 1.50. The fourth-order valence-electron chi connectivity index (χ4n) is 0.932. The number of carbonyl (C=O) groups is 1. The zero-order valence-electron chi connectivity index (χ0n) is 6.66. The Bertz CT molecular complexity index is 277. The van der Waals surface area contributed by atoms with Gasteiger partial charge in [-0.05, 0) is 0 Å². The molecule has 0 bridgehead atoms. The SMILES string of the molecule is CCC(=O)c1cc(N)nn1C. The summed E-state index contributed by atoms with van der Waals surface area (Å²) in [6.07, 6.45) is 0.485. The van der Waals surface area contributed by atoms with E-state index in [2.05, 4.69) is 5.10 Å². The van der Waals surface area contributed by atoms with Gasteiger partial charge in [-0.1, -0.05) is 6.92 Å². The third-order valence-corrected chi connectivity index (χ3v) is 1.51. The lowest BCUT2D eigenvalue weighted by atomic mass is 10.2. The zero-order chi connectivity index (χ0) is 8.43. The Balaban J connectivity index is 3.03. The van der Waals surface area contributed by atoms with E-state index in [4.69, 9.17) is 5.73 Å². The highest BCUT2D eigenvalue weighted by molar-refractivity contribution is 5.94. The van der Waals surface area contributed by atoms with Crippen molar-refractivity contribution in [3.8, 4) is 0 Å². The largest absolute Gasteiger partial charge is 0.382 e. The van der Waals surface area contributed by atoms with Crippen molar-refractivity contribution in [2.75, 3.05) is 5.73 Å². The summed E-state index contributed by atoms with van der Waals surface area (Å²) in [6, 6.07) is 1.59. The lowest BCUT2D eigenvalue weighted by Gasteiger charge is -1.95. The van der Waals surface area contributed by atoms with Crippen molar-refractivity contribution < 1.29 is 4.79 Å². The van der Waals surface area contributed by atoms with Crippen LogP contribution in [0.15, 0.2) is 6.07 Å². The summed E-state index contributed by atoms with van der Waals surface area (Å²) in [5, 5.41) is 3.85. The van der Waals surface area contributed by atoms with Gasteiger partial charge < -0.3 is 5.73 Å². The minimum Gasteiger partial charge on any atom is -0.382 e. The molecular formula is C7H11N3O. The third kappa shape index (κ3) is 1.39. The van der Waals surface area contributed by atoms with Gasteiger partial charge in [-0.25, -0.2) is 0 Å². The van der Waals surface area contributed by atoms with Crippen molar-refractivity contribution in [1.82, 2.24) is 9.78 Å². The minimum absolute atomic E-state index is 0.0664. The zero-order valence-corrected chi connectivity index (χ0v) is 6.66. The lowest BCUT2D eigenvalue weighted by Crippen LogP contribution is -2.04. The van der Waals surface area contributed by atoms with E-state index in [1.54, 1.807) is 13.1 Å². The van der Waals surface area contributed by atoms with Crippen LogP contribution >= 0.6 is 0 Å². The van der Waals surface area contributed by atoms with Crippen molar-refractivity contribution in [3.63, 3.8) is 0 Å². The van der Waals surface area contributed by atoms with E-state index in [-0.39, 0.29) is 5.78 Å². The first-order valence-corrected chi connectivity index (χ1v) is 3.48. The summed E-state index contributed by atoms with van der Waals surface area (Å²) in [5.41, 5.74) is 5.96. The first-order chi connectivity index (χ1) is 5.15. The molecule has 1 aromatic rings. The summed E-state index contributed by atoms with van der Waals surface area (Å²) in [5.74, 6) is 0.459. The molecular weight excluding hydrogens is 142 g/mol. The first-order valence-electron chi connectivity index (χ1n) is 3.48. The Morgan fingerprint density at radius 2 is 2.45 bits per heavy atom. The van der Waals surface area contributed by atoms with Crippen molar-refractivity contribution in [2.45, 2.75) is 13.3 Å². The molecule has 11 heavy (non-hydrogen) atoms. The molecule has 60 valence electrons. The molecule has 0 aliphatic rings. The van der Waals surface area contributed by atoms with Crippen LogP contribution in [0.3, 0.4) is 0 Å². The standard InChI is InChI=1S/C7H11N3O/c1-3-6(11)5-4-7(8)9-10(5)2/h4H,3H2,1-2H3,(H2,8,9). The van der Waals surface area contributed by atoms with Gasteiger partial charge in [0.1, 0.15) is 11.5 Å².